The summed E-state index contributed by atoms with van der Waals surface area (Å²) < 4.78 is 1.80. The van der Waals surface area contributed by atoms with Gasteiger partial charge in [-0.2, -0.15) is 9.50 Å². The van der Waals surface area contributed by atoms with Gasteiger partial charge in [0, 0.05) is 67.3 Å². The van der Waals surface area contributed by atoms with Crippen molar-refractivity contribution in [3.63, 3.8) is 0 Å². The summed E-state index contributed by atoms with van der Waals surface area (Å²) in [4.78, 5) is 14.1. The van der Waals surface area contributed by atoms with Gasteiger partial charge in [0.05, 0.1) is 0 Å². The molecule has 2 aromatic heterocycles. The van der Waals surface area contributed by atoms with E-state index in [0.29, 0.717) is 11.6 Å². The molecule has 0 amide bonds. The molecule has 8 heteroatoms. The summed E-state index contributed by atoms with van der Waals surface area (Å²) in [5.41, 5.74) is 4.33. The van der Waals surface area contributed by atoms with Crippen LogP contribution in [0, 0.1) is 13.8 Å². The van der Waals surface area contributed by atoms with Crippen molar-refractivity contribution in [1.82, 2.24) is 24.5 Å². The van der Waals surface area contributed by atoms with E-state index in [4.69, 9.17) is 16.7 Å². The van der Waals surface area contributed by atoms with Gasteiger partial charge in [-0.15, -0.1) is 5.10 Å². The molecule has 3 heterocycles. The summed E-state index contributed by atoms with van der Waals surface area (Å²) in [6, 6.07) is 18.4. The molecule has 1 fully saturated rings. The van der Waals surface area contributed by atoms with E-state index in [1.54, 1.807) is 4.52 Å². The van der Waals surface area contributed by atoms with Crippen molar-refractivity contribution in [2.24, 2.45) is 0 Å². The third-order valence-corrected chi connectivity index (χ3v) is 6.26. The van der Waals surface area contributed by atoms with Crippen molar-refractivity contribution in [3.05, 3.63) is 70.9 Å². The minimum atomic E-state index is 0.614. The molecule has 0 spiro atoms. The number of anilines is 2. The van der Waals surface area contributed by atoms with Crippen LogP contribution in [0.15, 0.2) is 54.6 Å². The molecule has 1 N–H and O–H groups in total. The van der Waals surface area contributed by atoms with Gasteiger partial charge in [0.15, 0.2) is 5.82 Å². The van der Waals surface area contributed by atoms with Crippen LogP contribution in [0.3, 0.4) is 0 Å². The van der Waals surface area contributed by atoms with E-state index in [9.17, 15) is 0 Å². The fourth-order valence-electron chi connectivity index (χ4n) is 4.18. The van der Waals surface area contributed by atoms with Crippen LogP contribution in [0.25, 0.3) is 17.2 Å². The summed E-state index contributed by atoms with van der Waals surface area (Å²) in [5.74, 6) is 2.22. The highest BCUT2D eigenvalue weighted by Gasteiger charge is 2.17. The SMILES string of the molecule is Cc1ccc(-c2nc3nc(C)cc(NCCN4CCN(c5cccc(Cl)c5)CC4)n3n2)cc1. The number of rotatable bonds is 6. The van der Waals surface area contributed by atoms with E-state index < -0.39 is 0 Å². The van der Waals surface area contributed by atoms with Gasteiger partial charge in [0.25, 0.3) is 5.78 Å². The summed E-state index contributed by atoms with van der Waals surface area (Å²) >= 11 is 6.15. The van der Waals surface area contributed by atoms with E-state index in [0.717, 1.165) is 61.4 Å². The Hall–Kier alpha value is -3.16. The number of aromatic nitrogens is 4. The summed E-state index contributed by atoms with van der Waals surface area (Å²) in [6.07, 6.45) is 0. The van der Waals surface area contributed by atoms with Gasteiger partial charge in [0.1, 0.15) is 5.82 Å². The molecule has 170 valence electrons. The predicted octanol–water partition coefficient (Wildman–Crippen LogP) is 4.30. The molecule has 4 aromatic rings. The number of benzene rings is 2. The number of piperazine rings is 1. The lowest BCUT2D eigenvalue weighted by Crippen LogP contribution is -2.47. The van der Waals surface area contributed by atoms with Crippen molar-refractivity contribution in [2.75, 3.05) is 49.5 Å². The van der Waals surface area contributed by atoms with Crippen molar-refractivity contribution in [2.45, 2.75) is 13.8 Å². The summed E-state index contributed by atoms with van der Waals surface area (Å²) in [6.45, 7) is 9.91. The molecule has 0 atom stereocenters. The van der Waals surface area contributed by atoms with Crippen LogP contribution in [0.2, 0.25) is 5.02 Å². The first-order valence-electron chi connectivity index (χ1n) is 11.3. The Kier molecular flexibility index (Phi) is 6.15. The maximum Gasteiger partial charge on any atom is 0.254 e. The van der Waals surface area contributed by atoms with Gasteiger partial charge in [-0.3, -0.25) is 4.90 Å². The van der Waals surface area contributed by atoms with E-state index in [1.807, 2.05) is 43.3 Å². The van der Waals surface area contributed by atoms with E-state index in [2.05, 4.69) is 50.2 Å². The highest BCUT2D eigenvalue weighted by atomic mass is 35.5. The maximum atomic E-state index is 6.15. The van der Waals surface area contributed by atoms with E-state index in [1.165, 1.54) is 11.3 Å². The van der Waals surface area contributed by atoms with Crippen LogP contribution in [-0.2, 0) is 0 Å². The van der Waals surface area contributed by atoms with Crippen molar-refractivity contribution in [1.29, 1.82) is 0 Å². The molecule has 7 nitrogen and oxygen atoms in total. The Morgan fingerprint density at radius 1 is 0.939 bits per heavy atom. The van der Waals surface area contributed by atoms with Crippen LogP contribution >= 0.6 is 11.6 Å². The monoisotopic (exact) mass is 461 g/mol. The molecule has 0 radical (unpaired) electrons. The third kappa shape index (κ3) is 4.94. The lowest BCUT2D eigenvalue weighted by molar-refractivity contribution is 0.267. The van der Waals surface area contributed by atoms with E-state index in [-0.39, 0.29) is 0 Å². The molecule has 0 unspecified atom stereocenters. The highest BCUT2D eigenvalue weighted by Crippen LogP contribution is 2.21. The maximum absolute atomic E-state index is 6.15. The molecule has 33 heavy (non-hydrogen) atoms. The van der Waals surface area contributed by atoms with Crippen LogP contribution in [0.1, 0.15) is 11.3 Å². The largest absolute Gasteiger partial charge is 0.369 e. The number of hydrogen-bond donors (Lipinski definition) is 1. The van der Waals surface area contributed by atoms with Gasteiger partial charge in [-0.1, -0.05) is 47.5 Å². The fraction of sp³-hybridized carbons (Fsp3) is 0.320. The molecular weight excluding hydrogens is 434 g/mol. The number of nitrogens with zero attached hydrogens (tertiary/aromatic N) is 6. The lowest BCUT2D eigenvalue weighted by atomic mass is 10.1. The molecular formula is C25H28ClN7. The molecule has 0 bridgehead atoms. The zero-order valence-corrected chi connectivity index (χ0v) is 19.8. The first-order chi connectivity index (χ1) is 16.0. The first kappa shape index (κ1) is 21.7. The second-order valence-corrected chi connectivity index (χ2v) is 8.97. The van der Waals surface area contributed by atoms with Crippen molar-refractivity contribution >= 4 is 28.9 Å². The predicted molar refractivity (Wildman–Crippen MR) is 134 cm³/mol. The molecule has 1 saturated heterocycles. The third-order valence-electron chi connectivity index (χ3n) is 6.03. The van der Waals surface area contributed by atoms with Gasteiger partial charge < -0.3 is 10.2 Å². The number of fused-ring (bicyclic) bond motifs is 1. The van der Waals surface area contributed by atoms with E-state index >= 15 is 0 Å². The zero-order valence-electron chi connectivity index (χ0n) is 19.0. The number of halogens is 1. The second-order valence-electron chi connectivity index (χ2n) is 8.53. The molecule has 1 aliphatic heterocycles. The Bertz CT molecular complexity index is 1240. The molecule has 5 rings (SSSR count). The Labute approximate surface area is 199 Å². The molecule has 1 aliphatic rings. The lowest BCUT2D eigenvalue weighted by Gasteiger charge is -2.36. The topological polar surface area (TPSA) is 61.6 Å². The van der Waals surface area contributed by atoms with Crippen LogP contribution in [-0.4, -0.2) is 63.8 Å². The van der Waals surface area contributed by atoms with Gasteiger partial charge in [-0.05, 0) is 32.0 Å². The van der Waals surface area contributed by atoms with Crippen molar-refractivity contribution in [3.8, 4) is 11.4 Å². The van der Waals surface area contributed by atoms with Crippen LogP contribution in [0.5, 0.6) is 0 Å². The highest BCUT2D eigenvalue weighted by molar-refractivity contribution is 6.30. The van der Waals surface area contributed by atoms with Crippen LogP contribution in [0.4, 0.5) is 11.5 Å². The molecule has 0 aliphatic carbocycles. The fourth-order valence-corrected chi connectivity index (χ4v) is 4.37. The number of aryl methyl sites for hydroxylation is 2. The second kappa shape index (κ2) is 9.37. The summed E-state index contributed by atoms with van der Waals surface area (Å²) in [5, 5.41) is 9.06. The quantitative estimate of drug-likeness (QED) is 0.462. The minimum absolute atomic E-state index is 0.614. The average molecular weight is 462 g/mol. The van der Waals surface area contributed by atoms with Gasteiger partial charge >= 0.3 is 0 Å². The Morgan fingerprint density at radius 3 is 2.48 bits per heavy atom. The van der Waals surface area contributed by atoms with Crippen molar-refractivity contribution < 1.29 is 0 Å². The standard InChI is InChI=1S/C25H28ClN7/c1-18-6-8-20(9-7-18)24-29-25-28-19(2)16-23(33(25)30-24)27-10-11-31-12-14-32(15-13-31)22-5-3-4-21(26)17-22/h3-9,16-17,27H,10-15H2,1-2H3. The normalized spacial score (nSPS) is 14.7. The Balaban J connectivity index is 1.21. The smallest absolute Gasteiger partial charge is 0.254 e. The van der Waals surface area contributed by atoms with Gasteiger partial charge in [-0.25, -0.2) is 4.98 Å². The first-order valence-corrected chi connectivity index (χ1v) is 11.7. The Morgan fingerprint density at radius 2 is 1.73 bits per heavy atom. The minimum Gasteiger partial charge on any atom is -0.369 e. The zero-order chi connectivity index (χ0) is 22.8. The molecule has 2 aromatic carbocycles. The number of nitrogens with one attached hydrogen (secondary N) is 1. The summed E-state index contributed by atoms with van der Waals surface area (Å²) in [7, 11) is 0. The molecule has 0 saturated carbocycles. The van der Waals surface area contributed by atoms with Crippen LogP contribution < -0.4 is 10.2 Å². The average Bonchev–Trinajstić information content (AvgIpc) is 3.24. The number of hydrogen-bond acceptors (Lipinski definition) is 6. The van der Waals surface area contributed by atoms with Gasteiger partial charge in [0.2, 0.25) is 0 Å².